The summed E-state index contributed by atoms with van der Waals surface area (Å²) < 4.78 is 10.6. The Kier molecular flexibility index (Phi) is 7.54. The summed E-state index contributed by atoms with van der Waals surface area (Å²) in [5.74, 6) is 0.340. The fraction of sp³-hybridized carbons (Fsp3) is 0.292. The lowest BCUT2D eigenvalue weighted by Gasteiger charge is -2.26. The molecule has 1 aliphatic heterocycles. The topological polar surface area (TPSA) is 146 Å². The van der Waals surface area contributed by atoms with Crippen molar-refractivity contribution in [2.45, 2.75) is 0 Å². The van der Waals surface area contributed by atoms with Gasteiger partial charge in [0.25, 0.3) is 5.91 Å². The molecule has 0 saturated carbocycles. The number of benzene rings is 1. The highest BCUT2D eigenvalue weighted by atomic mass is 32.1. The first-order valence-corrected chi connectivity index (χ1v) is 12.5. The Labute approximate surface area is 216 Å². The van der Waals surface area contributed by atoms with Crippen molar-refractivity contribution in [1.82, 2.24) is 30.4 Å². The van der Waals surface area contributed by atoms with Gasteiger partial charge < -0.3 is 20.1 Å². The summed E-state index contributed by atoms with van der Waals surface area (Å²) in [5, 5.41) is 16.4. The third-order valence-corrected chi connectivity index (χ3v) is 6.75. The minimum Gasteiger partial charge on any atom is -0.495 e. The molecule has 0 atom stereocenters. The maximum atomic E-state index is 13.0. The smallest absolute Gasteiger partial charge is 0.325 e. The van der Waals surface area contributed by atoms with Crippen LogP contribution in [0, 0.1) is 0 Å². The van der Waals surface area contributed by atoms with Crippen molar-refractivity contribution < 1.29 is 19.1 Å². The van der Waals surface area contributed by atoms with Gasteiger partial charge in [0.05, 0.1) is 53.7 Å². The first kappa shape index (κ1) is 24.6. The lowest BCUT2D eigenvalue weighted by Crippen LogP contribution is -2.41. The number of nitrogens with zero attached hydrogens (tertiary/aromatic N) is 4. The van der Waals surface area contributed by atoms with E-state index in [2.05, 4.69) is 41.0 Å². The van der Waals surface area contributed by atoms with Gasteiger partial charge in [0.2, 0.25) is 0 Å². The maximum absolute atomic E-state index is 13.0. The van der Waals surface area contributed by atoms with Crippen molar-refractivity contribution >= 4 is 45.1 Å². The number of urea groups is 1. The van der Waals surface area contributed by atoms with Crippen molar-refractivity contribution in [3.8, 4) is 16.3 Å². The second kappa shape index (κ2) is 11.3. The van der Waals surface area contributed by atoms with Crippen molar-refractivity contribution in [2.75, 3.05) is 57.1 Å². The Balaban J connectivity index is 1.28. The predicted molar refractivity (Wildman–Crippen MR) is 140 cm³/mol. The highest BCUT2D eigenvalue weighted by Gasteiger charge is 2.18. The van der Waals surface area contributed by atoms with Crippen LogP contribution in [-0.4, -0.2) is 83.5 Å². The van der Waals surface area contributed by atoms with Crippen LogP contribution in [0.3, 0.4) is 0 Å². The zero-order valence-corrected chi connectivity index (χ0v) is 20.9. The summed E-state index contributed by atoms with van der Waals surface area (Å²) >= 11 is 1.24. The average Bonchev–Trinajstić information content (AvgIpc) is 3.58. The molecule has 3 amide bonds. The second-order valence-electron chi connectivity index (χ2n) is 8.21. The SMILES string of the molecule is COc1ccccc1NC(=O)Nc1ncc(-c2cc(C(=O)NCCN3CCOCC3)c3cn[nH]c3n2)s1. The summed E-state index contributed by atoms with van der Waals surface area (Å²) in [6.07, 6.45) is 3.19. The number of morpholine rings is 1. The van der Waals surface area contributed by atoms with E-state index >= 15 is 0 Å². The molecule has 0 bridgehead atoms. The number of aromatic nitrogens is 4. The minimum atomic E-state index is -0.456. The number of anilines is 2. The number of hydrogen-bond acceptors (Lipinski definition) is 9. The third-order valence-electron chi connectivity index (χ3n) is 5.82. The van der Waals surface area contributed by atoms with Gasteiger partial charge in [0, 0.05) is 32.4 Å². The Morgan fingerprint density at radius 2 is 2.03 bits per heavy atom. The number of methoxy groups -OCH3 is 1. The fourth-order valence-corrected chi connectivity index (χ4v) is 4.71. The number of ether oxygens (including phenoxy) is 2. The Bertz CT molecular complexity index is 1400. The van der Waals surface area contributed by atoms with Gasteiger partial charge in [-0.3, -0.25) is 20.1 Å². The second-order valence-corrected chi connectivity index (χ2v) is 9.24. The van der Waals surface area contributed by atoms with Crippen LogP contribution in [-0.2, 0) is 4.74 Å². The Morgan fingerprint density at radius 3 is 2.86 bits per heavy atom. The van der Waals surface area contributed by atoms with E-state index in [1.807, 2.05) is 6.07 Å². The van der Waals surface area contributed by atoms with E-state index in [0.29, 0.717) is 63.5 Å². The zero-order chi connectivity index (χ0) is 25.6. The summed E-state index contributed by atoms with van der Waals surface area (Å²) in [7, 11) is 1.54. The monoisotopic (exact) mass is 522 g/mol. The minimum absolute atomic E-state index is 0.206. The predicted octanol–water partition coefficient (Wildman–Crippen LogP) is 2.80. The zero-order valence-electron chi connectivity index (χ0n) is 20.1. The van der Waals surface area contributed by atoms with Crippen molar-refractivity contribution in [3.63, 3.8) is 0 Å². The lowest BCUT2D eigenvalue weighted by atomic mass is 10.1. The molecule has 0 radical (unpaired) electrons. The van der Waals surface area contributed by atoms with E-state index in [-0.39, 0.29) is 5.91 Å². The lowest BCUT2D eigenvalue weighted by molar-refractivity contribution is 0.0383. The molecular weight excluding hydrogens is 496 g/mol. The van der Waals surface area contributed by atoms with E-state index in [4.69, 9.17) is 9.47 Å². The first-order valence-electron chi connectivity index (χ1n) is 11.7. The molecular formula is C24H26N8O4S. The Hall–Kier alpha value is -4.07. The summed E-state index contributed by atoms with van der Waals surface area (Å²) in [5.41, 5.74) is 2.04. The van der Waals surface area contributed by atoms with Crippen LogP contribution in [0.1, 0.15) is 10.4 Å². The number of thiazole rings is 1. The molecule has 12 nitrogen and oxygen atoms in total. The maximum Gasteiger partial charge on any atom is 0.325 e. The van der Waals surface area contributed by atoms with Gasteiger partial charge in [-0.05, 0) is 18.2 Å². The van der Waals surface area contributed by atoms with Gasteiger partial charge in [-0.25, -0.2) is 14.8 Å². The molecule has 0 spiro atoms. The number of carbonyl (C=O) groups excluding carboxylic acids is 2. The summed E-state index contributed by atoms with van der Waals surface area (Å²) in [6, 6.07) is 8.37. The van der Waals surface area contributed by atoms with Gasteiger partial charge in [-0.1, -0.05) is 23.5 Å². The molecule has 1 aromatic carbocycles. The number of nitrogens with one attached hydrogen (secondary N) is 4. The molecule has 0 unspecified atom stereocenters. The molecule has 1 fully saturated rings. The number of amides is 3. The van der Waals surface area contributed by atoms with Gasteiger partial charge in [-0.15, -0.1) is 0 Å². The molecule has 0 aliphatic carbocycles. The van der Waals surface area contributed by atoms with Crippen LogP contribution in [0.25, 0.3) is 21.6 Å². The van der Waals surface area contributed by atoms with E-state index in [9.17, 15) is 9.59 Å². The summed E-state index contributed by atoms with van der Waals surface area (Å²) in [4.78, 5) is 37.4. The van der Waals surface area contributed by atoms with E-state index in [1.54, 1.807) is 36.7 Å². The standard InChI is InChI=1S/C24H26N8O4S/c1-35-19-5-3-2-4-17(19)29-23(34)30-24-26-14-20(37-24)18-12-15(16-13-27-31-21(16)28-18)22(33)25-6-7-32-8-10-36-11-9-32/h2-5,12-14H,6-11H2,1H3,(H,25,33)(H,27,28,31)(H2,26,29,30,34). The van der Waals surface area contributed by atoms with Crippen molar-refractivity contribution in [3.05, 3.63) is 48.3 Å². The quantitative estimate of drug-likeness (QED) is 0.276. The molecule has 37 heavy (non-hydrogen) atoms. The van der Waals surface area contributed by atoms with Crippen LogP contribution in [0.15, 0.2) is 42.7 Å². The van der Waals surface area contributed by atoms with Crippen molar-refractivity contribution in [1.29, 1.82) is 0 Å². The molecule has 192 valence electrons. The summed E-state index contributed by atoms with van der Waals surface area (Å²) in [6.45, 7) is 4.42. The normalized spacial score (nSPS) is 13.9. The van der Waals surface area contributed by atoms with Gasteiger partial charge >= 0.3 is 6.03 Å². The number of pyridine rings is 1. The molecule has 1 saturated heterocycles. The number of rotatable bonds is 8. The van der Waals surface area contributed by atoms with Crippen LogP contribution in [0.4, 0.5) is 15.6 Å². The highest BCUT2D eigenvalue weighted by Crippen LogP contribution is 2.31. The number of hydrogen-bond donors (Lipinski definition) is 4. The fourth-order valence-electron chi connectivity index (χ4n) is 3.94. The number of para-hydroxylation sites is 2. The first-order chi connectivity index (χ1) is 18.1. The molecule has 1 aliphatic rings. The molecule has 4 aromatic rings. The molecule has 5 rings (SSSR count). The molecule has 4 heterocycles. The Morgan fingerprint density at radius 1 is 1.19 bits per heavy atom. The van der Waals surface area contributed by atoms with Crippen LogP contribution < -0.4 is 20.7 Å². The van der Waals surface area contributed by atoms with Crippen LogP contribution in [0.2, 0.25) is 0 Å². The largest absolute Gasteiger partial charge is 0.495 e. The number of carbonyl (C=O) groups is 2. The van der Waals surface area contributed by atoms with Crippen LogP contribution >= 0.6 is 11.3 Å². The van der Waals surface area contributed by atoms with Crippen LogP contribution in [0.5, 0.6) is 5.75 Å². The molecule has 13 heteroatoms. The average molecular weight is 523 g/mol. The number of fused-ring (bicyclic) bond motifs is 1. The van der Waals surface area contributed by atoms with E-state index in [0.717, 1.165) is 19.6 Å². The molecule has 3 aromatic heterocycles. The molecule has 4 N–H and O–H groups in total. The van der Waals surface area contributed by atoms with E-state index < -0.39 is 6.03 Å². The van der Waals surface area contributed by atoms with Gasteiger partial charge in [-0.2, -0.15) is 5.10 Å². The van der Waals surface area contributed by atoms with Gasteiger partial charge in [0.15, 0.2) is 10.8 Å². The number of H-pyrrole nitrogens is 1. The number of aromatic amines is 1. The van der Waals surface area contributed by atoms with Gasteiger partial charge in [0.1, 0.15) is 5.75 Å². The third kappa shape index (κ3) is 5.85. The highest BCUT2D eigenvalue weighted by molar-refractivity contribution is 7.19. The van der Waals surface area contributed by atoms with Crippen molar-refractivity contribution in [2.24, 2.45) is 0 Å². The van der Waals surface area contributed by atoms with E-state index in [1.165, 1.54) is 18.4 Å².